The molecule has 112 valence electrons. The molecular formula is C16H17F2NO2. The Morgan fingerprint density at radius 2 is 1.86 bits per heavy atom. The molecule has 0 spiro atoms. The summed E-state index contributed by atoms with van der Waals surface area (Å²) in [5.74, 6) is -0.0463. The third kappa shape index (κ3) is 3.24. The summed E-state index contributed by atoms with van der Waals surface area (Å²) in [6.45, 7) is 1.86. The van der Waals surface area contributed by atoms with Gasteiger partial charge in [0.2, 0.25) is 0 Å². The predicted octanol–water partition coefficient (Wildman–Crippen LogP) is 3.70. The van der Waals surface area contributed by atoms with E-state index in [0.717, 1.165) is 0 Å². The van der Waals surface area contributed by atoms with Gasteiger partial charge in [-0.15, -0.1) is 0 Å². The minimum absolute atomic E-state index is 0.00250. The smallest absolute Gasteiger partial charge is 0.146 e. The van der Waals surface area contributed by atoms with Crippen molar-refractivity contribution in [2.24, 2.45) is 0 Å². The molecule has 0 aliphatic rings. The highest BCUT2D eigenvalue weighted by Gasteiger charge is 2.12. The van der Waals surface area contributed by atoms with Crippen molar-refractivity contribution in [1.82, 2.24) is 0 Å². The van der Waals surface area contributed by atoms with E-state index in [2.05, 4.69) is 0 Å². The molecule has 0 saturated heterocycles. The van der Waals surface area contributed by atoms with Crippen LogP contribution < -0.4 is 15.2 Å². The van der Waals surface area contributed by atoms with E-state index < -0.39 is 11.6 Å². The molecule has 0 aromatic heterocycles. The lowest BCUT2D eigenvalue weighted by molar-refractivity contribution is 0.286. The summed E-state index contributed by atoms with van der Waals surface area (Å²) in [7, 11) is 1.46. The van der Waals surface area contributed by atoms with Crippen molar-refractivity contribution in [1.29, 1.82) is 0 Å². The molecular weight excluding hydrogens is 276 g/mol. The zero-order valence-corrected chi connectivity index (χ0v) is 12.0. The molecule has 0 bridgehead atoms. The van der Waals surface area contributed by atoms with Crippen molar-refractivity contribution in [2.75, 3.05) is 12.8 Å². The van der Waals surface area contributed by atoms with Crippen LogP contribution in [-0.4, -0.2) is 7.11 Å². The summed E-state index contributed by atoms with van der Waals surface area (Å²) >= 11 is 0. The van der Waals surface area contributed by atoms with Crippen LogP contribution in [-0.2, 0) is 13.0 Å². The van der Waals surface area contributed by atoms with E-state index >= 15 is 0 Å². The van der Waals surface area contributed by atoms with E-state index in [1.165, 1.54) is 25.3 Å². The summed E-state index contributed by atoms with van der Waals surface area (Å²) in [5, 5.41) is 0. The normalized spacial score (nSPS) is 10.5. The third-order valence-corrected chi connectivity index (χ3v) is 3.23. The number of aryl methyl sites for hydroxylation is 1. The molecule has 0 aliphatic carbocycles. The first-order valence-corrected chi connectivity index (χ1v) is 6.58. The highest BCUT2D eigenvalue weighted by Crippen LogP contribution is 2.28. The zero-order valence-electron chi connectivity index (χ0n) is 12.0. The number of halogens is 2. The second-order valence-corrected chi connectivity index (χ2v) is 4.54. The number of nitrogens with two attached hydrogens (primary N) is 1. The van der Waals surface area contributed by atoms with Crippen molar-refractivity contribution >= 4 is 5.69 Å². The Morgan fingerprint density at radius 1 is 1.10 bits per heavy atom. The van der Waals surface area contributed by atoms with E-state index in [0.29, 0.717) is 29.0 Å². The largest absolute Gasteiger partial charge is 0.496 e. The molecule has 3 nitrogen and oxygen atoms in total. The van der Waals surface area contributed by atoms with E-state index in [4.69, 9.17) is 15.2 Å². The Bertz CT molecular complexity index is 644. The monoisotopic (exact) mass is 293 g/mol. The number of benzene rings is 2. The second-order valence-electron chi connectivity index (χ2n) is 4.54. The summed E-state index contributed by atoms with van der Waals surface area (Å²) in [6, 6.07) is 7.30. The third-order valence-electron chi connectivity index (χ3n) is 3.23. The van der Waals surface area contributed by atoms with Crippen LogP contribution in [0.2, 0.25) is 0 Å². The standard InChI is InChI=1S/C16H17F2NO2/c1-3-10-7-13(18)14(19)8-16(10)21-9-11-12(17)5-4-6-15(11)20-2/h4-8H,3,9,19H2,1-2H3. The summed E-state index contributed by atoms with van der Waals surface area (Å²) in [6.07, 6.45) is 0.584. The minimum Gasteiger partial charge on any atom is -0.496 e. The lowest BCUT2D eigenvalue weighted by Gasteiger charge is -2.14. The number of methoxy groups -OCH3 is 1. The van der Waals surface area contributed by atoms with Crippen molar-refractivity contribution in [2.45, 2.75) is 20.0 Å². The maximum atomic E-state index is 13.8. The molecule has 2 rings (SSSR count). The molecule has 0 fully saturated rings. The average Bonchev–Trinajstić information content (AvgIpc) is 2.48. The molecule has 2 aromatic rings. The van der Waals surface area contributed by atoms with Gasteiger partial charge in [0.1, 0.15) is 29.7 Å². The van der Waals surface area contributed by atoms with Gasteiger partial charge in [0, 0.05) is 6.07 Å². The first kappa shape index (κ1) is 15.1. The van der Waals surface area contributed by atoms with Gasteiger partial charge in [0.05, 0.1) is 18.4 Å². The van der Waals surface area contributed by atoms with Crippen LogP contribution >= 0.6 is 0 Å². The molecule has 2 aromatic carbocycles. The summed E-state index contributed by atoms with van der Waals surface area (Å²) in [5.41, 5.74) is 6.54. The van der Waals surface area contributed by atoms with Crippen molar-refractivity contribution < 1.29 is 18.3 Å². The van der Waals surface area contributed by atoms with Crippen molar-refractivity contribution in [3.8, 4) is 11.5 Å². The first-order chi connectivity index (χ1) is 10.1. The van der Waals surface area contributed by atoms with E-state index in [9.17, 15) is 8.78 Å². The van der Waals surface area contributed by atoms with E-state index in [1.54, 1.807) is 12.1 Å². The maximum Gasteiger partial charge on any atom is 0.146 e. The fourth-order valence-corrected chi connectivity index (χ4v) is 2.04. The van der Waals surface area contributed by atoms with Crippen LogP contribution in [0.25, 0.3) is 0 Å². The van der Waals surface area contributed by atoms with Gasteiger partial charge in [-0.1, -0.05) is 13.0 Å². The Hall–Kier alpha value is -2.30. The highest BCUT2D eigenvalue weighted by atomic mass is 19.1. The van der Waals surface area contributed by atoms with Crippen LogP contribution in [0.1, 0.15) is 18.1 Å². The quantitative estimate of drug-likeness (QED) is 0.855. The van der Waals surface area contributed by atoms with Crippen LogP contribution in [0, 0.1) is 11.6 Å². The lowest BCUT2D eigenvalue weighted by atomic mass is 10.1. The Labute approximate surface area is 122 Å². The lowest BCUT2D eigenvalue weighted by Crippen LogP contribution is -2.04. The van der Waals surface area contributed by atoms with Crippen molar-refractivity contribution in [3.05, 3.63) is 53.1 Å². The predicted molar refractivity (Wildman–Crippen MR) is 77.5 cm³/mol. The van der Waals surface area contributed by atoms with Crippen molar-refractivity contribution in [3.63, 3.8) is 0 Å². The van der Waals surface area contributed by atoms with Gasteiger partial charge >= 0.3 is 0 Å². The molecule has 0 heterocycles. The molecule has 0 unspecified atom stereocenters. The number of hydrogen-bond acceptors (Lipinski definition) is 3. The minimum atomic E-state index is -0.484. The van der Waals surface area contributed by atoms with Gasteiger partial charge < -0.3 is 15.2 Å². The number of anilines is 1. The Morgan fingerprint density at radius 3 is 2.52 bits per heavy atom. The van der Waals surface area contributed by atoms with Crippen LogP contribution in [0.15, 0.2) is 30.3 Å². The van der Waals surface area contributed by atoms with Crippen LogP contribution in [0.3, 0.4) is 0 Å². The molecule has 0 atom stereocenters. The highest BCUT2D eigenvalue weighted by molar-refractivity contribution is 5.50. The SMILES string of the molecule is CCc1cc(F)c(N)cc1OCc1c(F)cccc1OC. The number of nitrogen functional groups attached to an aromatic ring is 1. The fourth-order valence-electron chi connectivity index (χ4n) is 2.04. The number of hydrogen-bond donors (Lipinski definition) is 1. The van der Waals surface area contributed by atoms with Crippen LogP contribution in [0.4, 0.5) is 14.5 Å². The topological polar surface area (TPSA) is 44.5 Å². The molecule has 0 saturated carbocycles. The summed E-state index contributed by atoms with van der Waals surface area (Å²) < 4.78 is 38.0. The van der Waals surface area contributed by atoms with E-state index in [1.807, 2.05) is 6.92 Å². The first-order valence-electron chi connectivity index (χ1n) is 6.58. The van der Waals surface area contributed by atoms with Gasteiger partial charge in [-0.05, 0) is 30.2 Å². The second kappa shape index (κ2) is 6.43. The molecule has 21 heavy (non-hydrogen) atoms. The van der Waals surface area contributed by atoms with Crippen LogP contribution in [0.5, 0.6) is 11.5 Å². The number of rotatable bonds is 5. The van der Waals surface area contributed by atoms with Gasteiger partial charge in [-0.3, -0.25) is 0 Å². The molecule has 0 amide bonds. The molecule has 5 heteroatoms. The van der Waals surface area contributed by atoms with Gasteiger partial charge in [0.15, 0.2) is 0 Å². The summed E-state index contributed by atoms with van der Waals surface area (Å²) in [4.78, 5) is 0. The molecule has 2 N–H and O–H groups in total. The average molecular weight is 293 g/mol. The zero-order chi connectivity index (χ0) is 15.4. The van der Waals surface area contributed by atoms with Gasteiger partial charge in [-0.2, -0.15) is 0 Å². The Kier molecular flexibility index (Phi) is 4.62. The maximum absolute atomic E-state index is 13.8. The number of ether oxygens (including phenoxy) is 2. The fraction of sp³-hybridized carbons (Fsp3) is 0.250. The van der Waals surface area contributed by atoms with E-state index in [-0.39, 0.29) is 12.3 Å². The Balaban J connectivity index is 2.26. The van der Waals surface area contributed by atoms with Gasteiger partial charge in [0.25, 0.3) is 0 Å². The van der Waals surface area contributed by atoms with Gasteiger partial charge in [-0.25, -0.2) is 8.78 Å². The molecule has 0 radical (unpaired) electrons. The molecule has 0 aliphatic heterocycles.